The molecule has 184 valence electrons. The molecule has 0 radical (unpaired) electrons. The number of rotatable bonds is 6. The third-order valence-corrected chi connectivity index (χ3v) is 6.45. The minimum atomic E-state index is -0.922. The quantitative estimate of drug-likeness (QED) is 0.285. The Balaban J connectivity index is 1.73. The highest BCUT2D eigenvalue weighted by molar-refractivity contribution is 6.43. The SMILES string of the molecule is CCOc1cc(/C=C2\C(=O)NC(=O)N(c3ccc(Cl)c(Cl)c3)C2=O)cc(Cl)c1Cc1ccccc1F. The zero-order chi connectivity index (χ0) is 26.0. The number of nitrogens with one attached hydrogen (secondary N) is 1. The third-order valence-electron chi connectivity index (χ3n) is 5.38. The normalized spacial score (nSPS) is 14.9. The van der Waals surface area contributed by atoms with E-state index in [0.717, 1.165) is 4.90 Å². The Bertz CT molecular complexity index is 1420. The summed E-state index contributed by atoms with van der Waals surface area (Å²) in [5.74, 6) is -1.72. The number of halogens is 4. The number of imide groups is 2. The molecule has 36 heavy (non-hydrogen) atoms. The van der Waals surface area contributed by atoms with Crippen molar-refractivity contribution in [2.45, 2.75) is 13.3 Å². The van der Waals surface area contributed by atoms with Crippen LogP contribution in [0.25, 0.3) is 6.08 Å². The molecule has 0 spiro atoms. The molecule has 0 aromatic heterocycles. The van der Waals surface area contributed by atoms with Crippen LogP contribution in [0.5, 0.6) is 5.75 Å². The Kier molecular flexibility index (Phi) is 7.64. The van der Waals surface area contributed by atoms with Crippen molar-refractivity contribution in [1.29, 1.82) is 0 Å². The van der Waals surface area contributed by atoms with E-state index in [-0.39, 0.29) is 38.6 Å². The summed E-state index contributed by atoms with van der Waals surface area (Å²) in [4.78, 5) is 39.0. The molecule has 4 amide bonds. The van der Waals surface area contributed by atoms with E-state index in [1.54, 1.807) is 31.2 Å². The molecule has 0 aliphatic carbocycles. The molecular weight excluding hydrogens is 530 g/mol. The topological polar surface area (TPSA) is 75.7 Å². The Morgan fingerprint density at radius 1 is 0.972 bits per heavy atom. The van der Waals surface area contributed by atoms with Crippen LogP contribution >= 0.6 is 34.8 Å². The first-order chi connectivity index (χ1) is 17.2. The van der Waals surface area contributed by atoms with Crippen LogP contribution in [0.1, 0.15) is 23.6 Å². The number of nitrogens with zero attached hydrogens (tertiary/aromatic N) is 1. The zero-order valence-electron chi connectivity index (χ0n) is 18.8. The van der Waals surface area contributed by atoms with Gasteiger partial charge in [0.25, 0.3) is 11.8 Å². The maximum absolute atomic E-state index is 14.2. The second-order valence-corrected chi connectivity index (χ2v) is 8.96. The number of barbiturate groups is 1. The zero-order valence-corrected chi connectivity index (χ0v) is 21.0. The second kappa shape index (κ2) is 10.7. The van der Waals surface area contributed by atoms with Gasteiger partial charge in [-0.2, -0.15) is 0 Å². The Hall–Kier alpha value is -3.39. The van der Waals surface area contributed by atoms with Crippen LogP contribution in [-0.4, -0.2) is 24.5 Å². The van der Waals surface area contributed by atoms with Gasteiger partial charge in [0.1, 0.15) is 17.1 Å². The van der Waals surface area contributed by atoms with Gasteiger partial charge in [-0.05, 0) is 60.5 Å². The van der Waals surface area contributed by atoms with E-state index >= 15 is 0 Å². The lowest BCUT2D eigenvalue weighted by atomic mass is 10.00. The first-order valence-corrected chi connectivity index (χ1v) is 11.9. The highest BCUT2D eigenvalue weighted by atomic mass is 35.5. The predicted octanol–water partition coefficient (Wildman–Crippen LogP) is 6.44. The molecule has 4 rings (SSSR count). The number of amides is 4. The molecule has 1 aliphatic heterocycles. The molecular formula is C26H18Cl3FN2O4. The minimum absolute atomic E-state index is 0.135. The Morgan fingerprint density at radius 3 is 2.42 bits per heavy atom. The lowest BCUT2D eigenvalue weighted by molar-refractivity contribution is -0.122. The number of hydrogen-bond acceptors (Lipinski definition) is 4. The van der Waals surface area contributed by atoms with Gasteiger partial charge in [0.05, 0.1) is 22.3 Å². The third kappa shape index (κ3) is 5.23. The highest BCUT2D eigenvalue weighted by Crippen LogP contribution is 2.34. The Labute approximate surface area is 221 Å². The average Bonchev–Trinajstić information content (AvgIpc) is 2.82. The van der Waals surface area contributed by atoms with E-state index < -0.39 is 17.8 Å². The smallest absolute Gasteiger partial charge is 0.335 e. The summed E-state index contributed by atoms with van der Waals surface area (Å²) in [5.41, 5.74) is 1.20. The molecule has 1 fully saturated rings. The highest BCUT2D eigenvalue weighted by Gasteiger charge is 2.37. The van der Waals surface area contributed by atoms with Crippen LogP contribution < -0.4 is 15.0 Å². The van der Waals surface area contributed by atoms with Gasteiger partial charge in [-0.15, -0.1) is 0 Å². The summed E-state index contributed by atoms with van der Waals surface area (Å²) >= 11 is 18.5. The van der Waals surface area contributed by atoms with Crippen molar-refractivity contribution in [3.63, 3.8) is 0 Å². The molecule has 1 heterocycles. The standard InChI is InChI=1S/C26H18Cl3FN2O4/c1-2-36-23-11-14(10-20(28)17(23)12-15-5-3-4-6-22(15)30)9-18-24(33)31-26(35)32(25(18)34)16-7-8-19(27)21(29)13-16/h3-11,13H,2,12H2,1H3,(H,31,33,35)/b18-9+. The maximum atomic E-state index is 14.2. The summed E-state index contributed by atoms with van der Waals surface area (Å²) in [7, 11) is 0. The predicted molar refractivity (Wildman–Crippen MR) is 137 cm³/mol. The molecule has 1 aliphatic rings. The van der Waals surface area contributed by atoms with Crippen molar-refractivity contribution >= 4 is 64.4 Å². The van der Waals surface area contributed by atoms with Crippen LogP contribution in [0.15, 0.2) is 60.2 Å². The van der Waals surface area contributed by atoms with Crippen molar-refractivity contribution in [1.82, 2.24) is 5.32 Å². The maximum Gasteiger partial charge on any atom is 0.335 e. The number of urea groups is 1. The number of ether oxygens (including phenoxy) is 1. The van der Waals surface area contributed by atoms with Crippen LogP contribution in [0.2, 0.25) is 15.1 Å². The monoisotopic (exact) mass is 546 g/mol. The molecule has 0 bridgehead atoms. The minimum Gasteiger partial charge on any atom is -0.494 e. The average molecular weight is 548 g/mol. The van der Waals surface area contributed by atoms with Crippen molar-refractivity contribution in [2.75, 3.05) is 11.5 Å². The summed E-state index contributed by atoms with van der Waals surface area (Å²) in [6.07, 6.45) is 1.48. The number of hydrogen-bond donors (Lipinski definition) is 1. The van der Waals surface area contributed by atoms with E-state index in [2.05, 4.69) is 5.32 Å². The fourth-order valence-electron chi connectivity index (χ4n) is 3.69. The number of carbonyl (C=O) groups is 3. The molecule has 0 atom stereocenters. The number of benzene rings is 3. The fourth-order valence-corrected chi connectivity index (χ4v) is 4.26. The molecule has 1 saturated heterocycles. The van der Waals surface area contributed by atoms with Crippen molar-refractivity contribution in [2.24, 2.45) is 0 Å². The van der Waals surface area contributed by atoms with E-state index in [9.17, 15) is 18.8 Å². The van der Waals surface area contributed by atoms with Crippen LogP contribution in [0, 0.1) is 5.82 Å². The van der Waals surface area contributed by atoms with Gasteiger partial charge in [0.15, 0.2) is 0 Å². The molecule has 6 nitrogen and oxygen atoms in total. The van der Waals surface area contributed by atoms with Crippen LogP contribution in [-0.2, 0) is 16.0 Å². The van der Waals surface area contributed by atoms with Crippen LogP contribution in [0.3, 0.4) is 0 Å². The van der Waals surface area contributed by atoms with Gasteiger partial charge >= 0.3 is 6.03 Å². The molecule has 10 heteroatoms. The molecule has 1 N–H and O–H groups in total. The fraction of sp³-hybridized carbons (Fsp3) is 0.115. The van der Waals surface area contributed by atoms with Crippen molar-refractivity contribution in [3.05, 3.63) is 97.7 Å². The first-order valence-electron chi connectivity index (χ1n) is 10.7. The van der Waals surface area contributed by atoms with Crippen LogP contribution in [0.4, 0.5) is 14.9 Å². The lowest BCUT2D eigenvalue weighted by Crippen LogP contribution is -2.54. The van der Waals surface area contributed by atoms with Gasteiger partial charge in [-0.25, -0.2) is 14.1 Å². The van der Waals surface area contributed by atoms with Crippen molar-refractivity contribution in [3.8, 4) is 5.75 Å². The van der Waals surface area contributed by atoms with E-state index in [0.29, 0.717) is 29.0 Å². The molecule has 3 aromatic rings. The summed E-state index contributed by atoms with van der Waals surface area (Å²) in [6, 6.07) is 12.7. The van der Waals surface area contributed by atoms with Gasteiger partial charge in [0, 0.05) is 17.0 Å². The molecule has 3 aromatic carbocycles. The van der Waals surface area contributed by atoms with E-state index in [4.69, 9.17) is 39.5 Å². The Morgan fingerprint density at radius 2 is 1.72 bits per heavy atom. The van der Waals surface area contributed by atoms with Gasteiger partial charge < -0.3 is 4.74 Å². The molecule has 0 saturated carbocycles. The van der Waals surface area contributed by atoms with Gasteiger partial charge in [-0.1, -0.05) is 53.0 Å². The van der Waals surface area contributed by atoms with Gasteiger partial charge in [0.2, 0.25) is 0 Å². The second-order valence-electron chi connectivity index (χ2n) is 7.74. The van der Waals surface area contributed by atoms with E-state index in [1.165, 1.54) is 36.4 Å². The van der Waals surface area contributed by atoms with E-state index in [1.807, 2.05) is 0 Å². The summed E-state index contributed by atoms with van der Waals surface area (Å²) in [5, 5.41) is 2.78. The summed E-state index contributed by atoms with van der Waals surface area (Å²) in [6.45, 7) is 2.09. The van der Waals surface area contributed by atoms with Crippen molar-refractivity contribution < 1.29 is 23.5 Å². The number of anilines is 1. The lowest BCUT2D eigenvalue weighted by Gasteiger charge is -2.26. The largest absolute Gasteiger partial charge is 0.494 e. The summed E-state index contributed by atoms with van der Waals surface area (Å²) < 4.78 is 20.0. The number of carbonyl (C=O) groups excluding carboxylic acids is 3. The molecule has 0 unspecified atom stereocenters. The van der Waals surface area contributed by atoms with Gasteiger partial charge in [-0.3, -0.25) is 14.9 Å². The first kappa shape index (κ1) is 25.7.